The van der Waals surface area contributed by atoms with Crippen molar-refractivity contribution in [3.8, 4) is 6.07 Å². The molecule has 0 unspecified atom stereocenters. The summed E-state index contributed by atoms with van der Waals surface area (Å²) in [5.74, 6) is -0.153. The van der Waals surface area contributed by atoms with E-state index in [4.69, 9.17) is 16.9 Å². The lowest BCUT2D eigenvalue weighted by Gasteiger charge is -2.19. The summed E-state index contributed by atoms with van der Waals surface area (Å²) in [5.41, 5.74) is 2.61. The van der Waals surface area contributed by atoms with Crippen LogP contribution in [0.5, 0.6) is 0 Å². The number of carbonyl (C=O) groups is 1. The Bertz CT molecular complexity index is 704. The molecule has 0 bridgehead atoms. The van der Waals surface area contributed by atoms with E-state index in [9.17, 15) is 4.79 Å². The predicted octanol–water partition coefficient (Wildman–Crippen LogP) is 3.80. The van der Waals surface area contributed by atoms with Gasteiger partial charge in [0.15, 0.2) is 0 Å². The number of hydrogen-bond acceptors (Lipinski definition) is 2. The number of aryl methyl sites for hydroxylation is 1. The number of nitrogens with zero attached hydrogens (tertiary/aromatic N) is 2. The SMILES string of the molecule is Cc1ccc(Cl)cc1C(=O)N(C)c1cccc(C#N)c1. The van der Waals surface area contributed by atoms with E-state index >= 15 is 0 Å². The third-order valence-electron chi connectivity index (χ3n) is 3.10. The van der Waals surface area contributed by atoms with Crippen molar-refractivity contribution in [3.05, 3.63) is 64.2 Å². The van der Waals surface area contributed by atoms with Crippen molar-refractivity contribution in [2.24, 2.45) is 0 Å². The van der Waals surface area contributed by atoms with Gasteiger partial charge in [-0.1, -0.05) is 23.7 Å². The first-order chi connectivity index (χ1) is 9.52. The lowest BCUT2D eigenvalue weighted by Crippen LogP contribution is -2.26. The van der Waals surface area contributed by atoms with E-state index < -0.39 is 0 Å². The molecule has 1 amide bonds. The second-order valence-electron chi connectivity index (χ2n) is 4.49. The highest BCUT2D eigenvalue weighted by Crippen LogP contribution is 2.21. The van der Waals surface area contributed by atoms with Crippen molar-refractivity contribution in [2.75, 3.05) is 11.9 Å². The van der Waals surface area contributed by atoms with Crippen molar-refractivity contribution in [1.82, 2.24) is 0 Å². The van der Waals surface area contributed by atoms with Crippen LogP contribution in [0.3, 0.4) is 0 Å². The number of amides is 1. The van der Waals surface area contributed by atoms with Gasteiger partial charge in [0.25, 0.3) is 5.91 Å². The average Bonchev–Trinajstić information content (AvgIpc) is 2.48. The third kappa shape index (κ3) is 2.81. The Morgan fingerprint density at radius 1 is 1.25 bits per heavy atom. The fourth-order valence-electron chi connectivity index (χ4n) is 1.91. The molecule has 0 spiro atoms. The largest absolute Gasteiger partial charge is 0.311 e. The first-order valence-corrected chi connectivity index (χ1v) is 6.45. The molecule has 20 heavy (non-hydrogen) atoms. The molecule has 0 saturated heterocycles. The molecule has 2 aromatic carbocycles. The Labute approximate surface area is 123 Å². The number of halogens is 1. The zero-order chi connectivity index (χ0) is 14.7. The van der Waals surface area contributed by atoms with Crippen molar-refractivity contribution in [1.29, 1.82) is 5.26 Å². The summed E-state index contributed by atoms with van der Waals surface area (Å²) in [5, 5.41) is 9.44. The fourth-order valence-corrected chi connectivity index (χ4v) is 2.08. The molecule has 0 aromatic heterocycles. The van der Waals surface area contributed by atoms with Gasteiger partial charge in [-0.2, -0.15) is 5.26 Å². The van der Waals surface area contributed by atoms with E-state index in [1.54, 1.807) is 43.4 Å². The van der Waals surface area contributed by atoms with Gasteiger partial charge in [0, 0.05) is 23.3 Å². The Morgan fingerprint density at radius 2 is 2.00 bits per heavy atom. The quantitative estimate of drug-likeness (QED) is 0.842. The number of rotatable bonds is 2. The summed E-state index contributed by atoms with van der Waals surface area (Å²) in [7, 11) is 1.68. The molecule has 0 aliphatic rings. The summed E-state index contributed by atoms with van der Waals surface area (Å²) in [4.78, 5) is 14.0. The maximum absolute atomic E-state index is 12.5. The molecule has 0 saturated carbocycles. The molecule has 0 N–H and O–H groups in total. The lowest BCUT2D eigenvalue weighted by atomic mass is 10.1. The highest BCUT2D eigenvalue weighted by Gasteiger charge is 2.16. The topological polar surface area (TPSA) is 44.1 Å². The number of anilines is 1. The standard InChI is InChI=1S/C16H13ClN2O/c1-11-6-7-13(17)9-15(11)16(20)19(2)14-5-3-4-12(8-14)10-18/h3-9H,1-2H3. The van der Waals surface area contributed by atoms with Crippen LogP contribution in [0, 0.1) is 18.3 Å². The van der Waals surface area contributed by atoms with Crippen molar-refractivity contribution < 1.29 is 4.79 Å². The molecule has 3 nitrogen and oxygen atoms in total. The molecule has 0 aliphatic carbocycles. The zero-order valence-electron chi connectivity index (χ0n) is 11.2. The minimum atomic E-state index is -0.153. The second-order valence-corrected chi connectivity index (χ2v) is 4.92. The van der Waals surface area contributed by atoms with Crippen LogP contribution in [0.4, 0.5) is 5.69 Å². The maximum Gasteiger partial charge on any atom is 0.258 e. The summed E-state index contributed by atoms with van der Waals surface area (Å²) < 4.78 is 0. The molecule has 4 heteroatoms. The Morgan fingerprint density at radius 3 is 2.70 bits per heavy atom. The number of nitriles is 1. The molecule has 0 atom stereocenters. The van der Waals surface area contributed by atoms with Gasteiger partial charge < -0.3 is 4.90 Å². The fraction of sp³-hybridized carbons (Fsp3) is 0.125. The van der Waals surface area contributed by atoms with Gasteiger partial charge in [0.1, 0.15) is 0 Å². The smallest absolute Gasteiger partial charge is 0.258 e. The van der Waals surface area contributed by atoms with Gasteiger partial charge in [-0.05, 0) is 42.8 Å². The molecule has 0 fully saturated rings. The molecule has 100 valence electrons. The van der Waals surface area contributed by atoms with Gasteiger partial charge in [0.2, 0.25) is 0 Å². The van der Waals surface area contributed by atoms with Crippen LogP contribution >= 0.6 is 11.6 Å². The number of benzene rings is 2. The Kier molecular flexibility index (Phi) is 4.07. The lowest BCUT2D eigenvalue weighted by molar-refractivity contribution is 0.0992. The summed E-state index contributed by atoms with van der Waals surface area (Å²) in [6.45, 7) is 1.86. The molecule has 0 heterocycles. The highest BCUT2D eigenvalue weighted by molar-refractivity contribution is 6.31. The van der Waals surface area contributed by atoms with Gasteiger partial charge in [-0.3, -0.25) is 4.79 Å². The third-order valence-corrected chi connectivity index (χ3v) is 3.33. The average molecular weight is 285 g/mol. The van der Waals surface area contributed by atoms with Crippen LogP contribution in [0.2, 0.25) is 5.02 Å². The minimum absolute atomic E-state index is 0.153. The predicted molar refractivity (Wildman–Crippen MR) is 80.1 cm³/mol. The van der Waals surface area contributed by atoms with Crippen LogP contribution in [0.25, 0.3) is 0 Å². The van der Waals surface area contributed by atoms with E-state index in [1.807, 2.05) is 13.0 Å². The van der Waals surface area contributed by atoms with Crippen molar-refractivity contribution in [2.45, 2.75) is 6.92 Å². The number of hydrogen-bond donors (Lipinski definition) is 0. The summed E-state index contributed by atoms with van der Waals surface area (Å²) in [6, 6.07) is 14.2. The zero-order valence-corrected chi connectivity index (χ0v) is 12.0. The van der Waals surface area contributed by atoms with E-state index in [0.717, 1.165) is 5.56 Å². The molecule has 0 aliphatic heterocycles. The Hall–Kier alpha value is -2.31. The molecular weight excluding hydrogens is 272 g/mol. The minimum Gasteiger partial charge on any atom is -0.311 e. The molecule has 0 radical (unpaired) electrons. The van der Waals surface area contributed by atoms with Crippen molar-refractivity contribution >= 4 is 23.2 Å². The van der Waals surface area contributed by atoms with Crippen LogP contribution in [-0.2, 0) is 0 Å². The molecule has 2 aromatic rings. The van der Waals surface area contributed by atoms with Crippen LogP contribution in [0.15, 0.2) is 42.5 Å². The normalized spacial score (nSPS) is 9.90. The first kappa shape index (κ1) is 14.1. The van der Waals surface area contributed by atoms with Gasteiger partial charge >= 0.3 is 0 Å². The maximum atomic E-state index is 12.5. The number of carbonyl (C=O) groups excluding carboxylic acids is 1. The van der Waals surface area contributed by atoms with Crippen molar-refractivity contribution in [3.63, 3.8) is 0 Å². The summed E-state index contributed by atoms with van der Waals surface area (Å²) in [6.07, 6.45) is 0. The van der Waals surface area contributed by atoms with E-state index in [0.29, 0.717) is 21.8 Å². The molecule has 2 rings (SSSR count). The van der Waals surface area contributed by atoms with Crippen LogP contribution < -0.4 is 4.90 Å². The van der Waals surface area contributed by atoms with E-state index in [-0.39, 0.29) is 5.91 Å². The molecular formula is C16H13ClN2O. The van der Waals surface area contributed by atoms with E-state index in [1.165, 1.54) is 4.90 Å². The second kappa shape index (κ2) is 5.77. The van der Waals surface area contributed by atoms with Crippen LogP contribution in [-0.4, -0.2) is 13.0 Å². The van der Waals surface area contributed by atoms with Gasteiger partial charge in [-0.25, -0.2) is 0 Å². The summed E-state index contributed by atoms with van der Waals surface area (Å²) >= 11 is 5.95. The van der Waals surface area contributed by atoms with Gasteiger partial charge in [-0.15, -0.1) is 0 Å². The Balaban J connectivity index is 2.37. The van der Waals surface area contributed by atoms with Crippen LogP contribution in [0.1, 0.15) is 21.5 Å². The van der Waals surface area contributed by atoms with E-state index in [2.05, 4.69) is 6.07 Å². The van der Waals surface area contributed by atoms with Gasteiger partial charge in [0.05, 0.1) is 11.6 Å². The first-order valence-electron chi connectivity index (χ1n) is 6.07. The monoisotopic (exact) mass is 284 g/mol. The highest BCUT2D eigenvalue weighted by atomic mass is 35.5.